The summed E-state index contributed by atoms with van der Waals surface area (Å²) >= 11 is 0. The molecule has 0 saturated heterocycles. The summed E-state index contributed by atoms with van der Waals surface area (Å²) in [6.45, 7) is 0.508. The number of nitrogens with zero attached hydrogens (tertiary/aromatic N) is 5. The van der Waals surface area contributed by atoms with Gasteiger partial charge in [-0.3, -0.25) is 14.5 Å². The minimum absolute atomic E-state index is 0.282. The maximum Gasteiger partial charge on any atom is 0.232 e. The number of anilines is 1. The third-order valence-corrected chi connectivity index (χ3v) is 5.47. The number of nitrogens with one attached hydrogen (secondary N) is 1. The molecular formula is C20H22FN7O. The monoisotopic (exact) mass is 395 g/mol. The number of carbonyl (C=O) groups excluding carboxylic acids is 1. The first-order valence-corrected chi connectivity index (χ1v) is 9.46. The highest BCUT2D eigenvalue weighted by molar-refractivity contribution is 5.84. The van der Waals surface area contributed by atoms with Gasteiger partial charge in [-0.1, -0.05) is 6.42 Å². The zero-order chi connectivity index (χ0) is 20.4. The molecule has 150 valence electrons. The number of aromatic nitrogens is 5. The van der Waals surface area contributed by atoms with Crippen molar-refractivity contribution in [1.29, 1.82) is 0 Å². The number of aryl methyl sites for hydroxylation is 1. The van der Waals surface area contributed by atoms with Gasteiger partial charge in [0.15, 0.2) is 0 Å². The van der Waals surface area contributed by atoms with Crippen molar-refractivity contribution in [3.8, 4) is 0 Å². The van der Waals surface area contributed by atoms with E-state index in [9.17, 15) is 9.18 Å². The molecule has 1 amide bonds. The fraction of sp³-hybridized carbons (Fsp3) is 0.350. The Morgan fingerprint density at radius 2 is 2.10 bits per heavy atom. The Morgan fingerprint density at radius 1 is 1.28 bits per heavy atom. The molecule has 3 heterocycles. The van der Waals surface area contributed by atoms with Crippen LogP contribution >= 0.6 is 0 Å². The average Bonchev–Trinajstić information content (AvgIpc) is 3.09. The zero-order valence-corrected chi connectivity index (χ0v) is 16.0. The highest BCUT2D eigenvalue weighted by atomic mass is 19.1. The molecule has 8 nitrogen and oxygen atoms in total. The van der Waals surface area contributed by atoms with E-state index < -0.39 is 11.8 Å². The first-order chi connectivity index (χ1) is 14.0. The van der Waals surface area contributed by atoms with Crippen molar-refractivity contribution in [3.05, 3.63) is 65.6 Å². The molecule has 29 heavy (non-hydrogen) atoms. The van der Waals surface area contributed by atoms with Gasteiger partial charge in [0.05, 0.1) is 17.1 Å². The van der Waals surface area contributed by atoms with E-state index in [0.29, 0.717) is 29.4 Å². The van der Waals surface area contributed by atoms with Crippen LogP contribution in [-0.2, 0) is 17.3 Å². The molecule has 9 heteroatoms. The minimum Gasteiger partial charge on any atom is -0.369 e. The molecule has 1 unspecified atom stereocenters. The quantitative estimate of drug-likeness (QED) is 0.632. The third-order valence-electron chi connectivity index (χ3n) is 5.47. The van der Waals surface area contributed by atoms with Gasteiger partial charge in [-0.25, -0.2) is 4.39 Å². The molecule has 4 rings (SSSR count). The van der Waals surface area contributed by atoms with E-state index in [1.165, 1.54) is 6.07 Å². The largest absolute Gasteiger partial charge is 0.369 e. The van der Waals surface area contributed by atoms with Crippen LogP contribution in [0.4, 0.5) is 10.2 Å². The molecule has 1 fully saturated rings. The summed E-state index contributed by atoms with van der Waals surface area (Å²) in [5.41, 5.74) is 6.66. The van der Waals surface area contributed by atoms with Crippen molar-refractivity contribution in [2.75, 3.05) is 11.9 Å². The van der Waals surface area contributed by atoms with Gasteiger partial charge in [0.25, 0.3) is 0 Å². The van der Waals surface area contributed by atoms with Crippen LogP contribution in [0.25, 0.3) is 0 Å². The van der Waals surface area contributed by atoms with E-state index in [2.05, 4.69) is 25.6 Å². The smallest absolute Gasteiger partial charge is 0.232 e. The van der Waals surface area contributed by atoms with Gasteiger partial charge in [0.1, 0.15) is 17.6 Å². The molecule has 3 aromatic heterocycles. The third kappa shape index (κ3) is 3.67. The Kier molecular flexibility index (Phi) is 4.96. The van der Waals surface area contributed by atoms with Crippen LogP contribution in [-0.4, -0.2) is 37.4 Å². The summed E-state index contributed by atoms with van der Waals surface area (Å²) in [5.74, 6) is -1.05. The van der Waals surface area contributed by atoms with Gasteiger partial charge in [0.2, 0.25) is 5.91 Å². The maximum absolute atomic E-state index is 14.2. The molecular weight excluding hydrogens is 373 g/mol. The number of hydrogen-bond acceptors (Lipinski definition) is 6. The molecule has 0 radical (unpaired) electrons. The van der Waals surface area contributed by atoms with Gasteiger partial charge in [-0.15, -0.1) is 5.10 Å². The van der Waals surface area contributed by atoms with Crippen LogP contribution < -0.4 is 11.1 Å². The molecule has 3 aromatic rings. The van der Waals surface area contributed by atoms with E-state index in [1.54, 1.807) is 48.4 Å². The summed E-state index contributed by atoms with van der Waals surface area (Å²) in [7, 11) is 1.76. The topological polar surface area (TPSA) is 112 Å². The Hall–Kier alpha value is -3.36. The van der Waals surface area contributed by atoms with E-state index in [-0.39, 0.29) is 11.2 Å². The predicted octanol–water partition coefficient (Wildman–Crippen LogP) is 1.90. The van der Waals surface area contributed by atoms with E-state index in [4.69, 9.17) is 5.73 Å². The van der Waals surface area contributed by atoms with Crippen LogP contribution in [0.3, 0.4) is 0 Å². The van der Waals surface area contributed by atoms with Crippen LogP contribution in [0.1, 0.15) is 42.3 Å². The fourth-order valence-electron chi connectivity index (χ4n) is 3.76. The summed E-state index contributed by atoms with van der Waals surface area (Å²) in [5, 5.41) is 15.8. The minimum atomic E-state index is -0.765. The van der Waals surface area contributed by atoms with Crippen molar-refractivity contribution < 1.29 is 9.18 Å². The van der Waals surface area contributed by atoms with Crippen LogP contribution in [0.2, 0.25) is 0 Å². The Balaban J connectivity index is 1.50. The molecule has 1 saturated carbocycles. The van der Waals surface area contributed by atoms with Crippen molar-refractivity contribution in [2.24, 2.45) is 12.8 Å². The molecule has 1 aliphatic rings. The highest BCUT2D eigenvalue weighted by Gasteiger charge is 2.41. The molecule has 0 aliphatic heterocycles. The zero-order valence-electron chi connectivity index (χ0n) is 16.0. The Labute approximate surface area is 167 Å². The Morgan fingerprint density at radius 3 is 2.66 bits per heavy atom. The number of primary amides is 1. The van der Waals surface area contributed by atoms with Crippen molar-refractivity contribution in [2.45, 2.75) is 30.6 Å². The molecule has 1 aliphatic carbocycles. The lowest BCUT2D eigenvalue weighted by atomic mass is 9.66. The first kappa shape index (κ1) is 19.0. The summed E-state index contributed by atoms with van der Waals surface area (Å²) in [6, 6.07) is 8.21. The van der Waals surface area contributed by atoms with Crippen molar-refractivity contribution >= 4 is 11.7 Å². The molecule has 0 bridgehead atoms. The summed E-state index contributed by atoms with van der Waals surface area (Å²) in [6.07, 6.45) is 6.12. The van der Waals surface area contributed by atoms with Crippen molar-refractivity contribution in [3.63, 3.8) is 0 Å². The van der Waals surface area contributed by atoms with Gasteiger partial charge < -0.3 is 11.1 Å². The summed E-state index contributed by atoms with van der Waals surface area (Å²) in [4.78, 5) is 16.2. The standard InChI is InChI=1S/C20H22FN7O/c1-28-11-7-15(27-28)17(19(22)29)14-5-6-16(26-25-14)24-12-20(8-3-9-20)18-13(21)4-2-10-23-18/h2,4-7,10-11,17H,3,8-9,12H2,1H3,(H2,22,29)(H,24,26). The second-order valence-corrected chi connectivity index (χ2v) is 7.41. The number of carbonyl (C=O) groups is 1. The number of rotatable bonds is 7. The summed E-state index contributed by atoms with van der Waals surface area (Å²) < 4.78 is 15.8. The van der Waals surface area contributed by atoms with Gasteiger partial charge in [-0.2, -0.15) is 10.2 Å². The highest BCUT2D eigenvalue weighted by Crippen LogP contribution is 2.43. The second-order valence-electron chi connectivity index (χ2n) is 7.41. The Bertz CT molecular complexity index is 1010. The van der Waals surface area contributed by atoms with Crippen LogP contribution in [0.5, 0.6) is 0 Å². The molecule has 3 N–H and O–H groups in total. The second kappa shape index (κ2) is 7.57. The van der Waals surface area contributed by atoms with E-state index >= 15 is 0 Å². The number of halogens is 1. The SMILES string of the molecule is Cn1ccc(C(C(N)=O)c2ccc(NCC3(c4ncccc4F)CCC3)nn2)n1. The molecule has 0 aromatic carbocycles. The van der Waals surface area contributed by atoms with E-state index in [0.717, 1.165) is 19.3 Å². The number of hydrogen-bond donors (Lipinski definition) is 2. The van der Waals surface area contributed by atoms with Crippen LogP contribution in [0, 0.1) is 5.82 Å². The fourth-order valence-corrected chi connectivity index (χ4v) is 3.76. The maximum atomic E-state index is 14.2. The number of amides is 1. The number of pyridine rings is 1. The van der Waals surface area contributed by atoms with Gasteiger partial charge in [-0.05, 0) is 43.2 Å². The lowest BCUT2D eigenvalue weighted by Crippen LogP contribution is -2.42. The lowest BCUT2D eigenvalue weighted by Gasteiger charge is -2.41. The van der Waals surface area contributed by atoms with Crippen molar-refractivity contribution in [1.82, 2.24) is 25.0 Å². The first-order valence-electron chi connectivity index (χ1n) is 9.46. The average molecular weight is 395 g/mol. The normalized spacial score (nSPS) is 16.1. The van der Waals surface area contributed by atoms with Crippen LogP contribution in [0.15, 0.2) is 42.7 Å². The number of nitrogens with two attached hydrogens (primary N) is 1. The molecule has 1 atom stereocenters. The molecule has 0 spiro atoms. The lowest BCUT2D eigenvalue weighted by molar-refractivity contribution is -0.118. The predicted molar refractivity (Wildman–Crippen MR) is 104 cm³/mol. The van der Waals surface area contributed by atoms with E-state index in [1.807, 2.05) is 0 Å². The van der Waals surface area contributed by atoms with Gasteiger partial charge >= 0.3 is 0 Å². The van der Waals surface area contributed by atoms with Gasteiger partial charge in [0, 0.05) is 31.4 Å².